The summed E-state index contributed by atoms with van der Waals surface area (Å²) in [6.07, 6.45) is 0.0192. The van der Waals surface area contributed by atoms with Gasteiger partial charge in [0, 0.05) is 17.3 Å². The van der Waals surface area contributed by atoms with E-state index in [1.54, 1.807) is 12.1 Å². The summed E-state index contributed by atoms with van der Waals surface area (Å²) in [5.41, 5.74) is 1.97. The van der Waals surface area contributed by atoms with Crippen molar-refractivity contribution in [3.05, 3.63) is 39.2 Å². The summed E-state index contributed by atoms with van der Waals surface area (Å²) < 4.78 is 17.2. The molecule has 0 unspecified atom stereocenters. The van der Waals surface area contributed by atoms with Crippen molar-refractivity contribution >= 4 is 11.0 Å². The number of phenolic OH excluding ortho intramolecular Hbond substituents is 1. The van der Waals surface area contributed by atoms with E-state index in [-0.39, 0.29) is 16.8 Å². The van der Waals surface area contributed by atoms with E-state index in [1.807, 2.05) is 0 Å². The summed E-state index contributed by atoms with van der Waals surface area (Å²) in [7, 11) is 0. The summed E-state index contributed by atoms with van der Waals surface area (Å²) >= 11 is 0. The molecule has 0 bridgehead atoms. The first-order valence-electron chi connectivity index (χ1n) is 8.21. The maximum absolute atomic E-state index is 12.4. The maximum Gasteiger partial charge on any atom is 0.341 e. The molecule has 1 fully saturated rings. The van der Waals surface area contributed by atoms with Gasteiger partial charge in [-0.25, -0.2) is 4.79 Å². The molecular formula is C18H21NO5. The molecule has 2 aliphatic heterocycles. The Labute approximate surface area is 139 Å². The number of phenols is 1. The first-order valence-corrected chi connectivity index (χ1v) is 8.21. The molecule has 0 atom stereocenters. The molecule has 0 amide bonds. The molecule has 24 heavy (non-hydrogen) atoms. The summed E-state index contributed by atoms with van der Waals surface area (Å²) in [6, 6.07) is 3.42. The number of hydrogen-bond acceptors (Lipinski definition) is 6. The summed E-state index contributed by atoms with van der Waals surface area (Å²) in [4.78, 5) is 12.4. The van der Waals surface area contributed by atoms with Crippen LogP contribution in [0.1, 0.15) is 36.8 Å². The second-order valence-corrected chi connectivity index (χ2v) is 7.27. The highest BCUT2D eigenvalue weighted by atomic mass is 16.7. The Bertz CT molecular complexity index is 845. The van der Waals surface area contributed by atoms with Gasteiger partial charge in [-0.3, -0.25) is 0 Å². The monoisotopic (exact) mass is 331 g/mol. The van der Waals surface area contributed by atoms with Crippen molar-refractivity contribution in [3.8, 4) is 5.75 Å². The molecule has 2 N–H and O–H groups in total. The Kier molecular flexibility index (Phi) is 3.63. The fourth-order valence-electron chi connectivity index (χ4n) is 3.35. The van der Waals surface area contributed by atoms with Gasteiger partial charge < -0.3 is 24.3 Å². The molecule has 0 aliphatic carbocycles. The minimum atomic E-state index is -0.732. The standard InChI is InChI=1S/C18H21NO5/c1-18(2)8-22-17(23-9-18)14-13(20)4-3-11-10-5-6-19-7-12(10)16(21)24-15(11)14/h3-4,17,19-20H,5-9H2,1-2H3. The summed E-state index contributed by atoms with van der Waals surface area (Å²) in [5.74, 6) is 0.0178. The van der Waals surface area contributed by atoms with Crippen molar-refractivity contribution in [2.45, 2.75) is 33.1 Å². The molecule has 1 aromatic carbocycles. The number of rotatable bonds is 1. The Balaban J connectivity index is 1.88. The first kappa shape index (κ1) is 15.6. The lowest BCUT2D eigenvalue weighted by molar-refractivity contribution is -0.226. The Morgan fingerprint density at radius 3 is 2.71 bits per heavy atom. The predicted octanol–water partition coefficient (Wildman–Crippen LogP) is 2.22. The van der Waals surface area contributed by atoms with Gasteiger partial charge in [0.25, 0.3) is 0 Å². The minimum Gasteiger partial charge on any atom is -0.507 e. The molecule has 2 aliphatic rings. The topological polar surface area (TPSA) is 80.9 Å². The average molecular weight is 331 g/mol. The van der Waals surface area contributed by atoms with E-state index in [2.05, 4.69) is 19.2 Å². The van der Waals surface area contributed by atoms with E-state index in [4.69, 9.17) is 13.9 Å². The predicted molar refractivity (Wildman–Crippen MR) is 88.0 cm³/mol. The molecule has 0 spiro atoms. The maximum atomic E-state index is 12.4. The van der Waals surface area contributed by atoms with Crippen LogP contribution in [0.2, 0.25) is 0 Å². The molecule has 1 saturated heterocycles. The number of nitrogens with one attached hydrogen (secondary N) is 1. The van der Waals surface area contributed by atoms with E-state index < -0.39 is 6.29 Å². The molecule has 6 nitrogen and oxygen atoms in total. The van der Waals surface area contributed by atoms with Gasteiger partial charge in [-0.2, -0.15) is 0 Å². The summed E-state index contributed by atoms with van der Waals surface area (Å²) in [5, 5.41) is 14.4. The van der Waals surface area contributed by atoms with Crippen LogP contribution in [0.5, 0.6) is 5.75 Å². The van der Waals surface area contributed by atoms with Crippen molar-refractivity contribution in [3.63, 3.8) is 0 Å². The Morgan fingerprint density at radius 1 is 1.21 bits per heavy atom. The van der Waals surface area contributed by atoms with Crippen LogP contribution in [0.4, 0.5) is 0 Å². The number of hydrogen-bond donors (Lipinski definition) is 2. The fourth-order valence-corrected chi connectivity index (χ4v) is 3.35. The van der Waals surface area contributed by atoms with Gasteiger partial charge in [-0.15, -0.1) is 0 Å². The first-order chi connectivity index (χ1) is 11.5. The van der Waals surface area contributed by atoms with Gasteiger partial charge in [0.2, 0.25) is 0 Å². The van der Waals surface area contributed by atoms with Gasteiger partial charge in [0.15, 0.2) is 11.9 Å². The van der Waals surface area contributed by atoms with Crippen molar-refractivity contribution in [2.75, 3.05) is 19.8 Å². The Morgan fingerprint density at radius 2 is 1.96 bits per heavy atom. The Hall–Kier alpha value is -1.89. The van der Waals surface area contributed by atoms with Crippen LogP contribution in [0.15, 0.2) is 21.3 Å². The van der Waals surface area contributed by atoms with Crippen molar-refractivity contribution in [1.29, 1.82) is 0 Å². The molecular weight excluding hydrogens is 310 g/mol. The smallest absolute Gasteiger partial charge is 0.341 e. The lowest BCUT2D eigenvalue weighted by Gasteiger charge is -2.35. The number of benzene rings is 1. The van der Waals surface area contributed by atoms with E-state index >= 15 is 0 Å². The van der Waals surface area contributed by atoms with Crippen LogP contribution in [0.25, 0.3) is 11.0 Å². The normalized spacial score (nSPS) is 20.9. The molecule has 4 rings (SSSR count). The van der Waals surface area contributed by atoms with Crippen molar-refractivity contribution in [2.24, 2.45) is 5.41 Å². The number of ether oxygens (including phenoxy) is 2. The molecule has 128 valence electrons. The van der Waals surface area contributed by atoms with Crippen LogP contribution in [-0.4, -0.2) is 24.9 Å². The third kappa shape index (κ3) is 2.51. The minimum absolute atomic E-state index is 0.0178. The van der Waals surface area contributed by atoms with Gasteiger partial charge in [-0.05, 0) is 30.7 Å². The third-order valence-electron chi connectivity index (χ3n) is 4.64. The lowest BCUT2D eigenvalue weighted by Crippen LogP contribution is -2.34. The van der Waals surface area contributed by atoms with E-state index in [1.165, 1.54) is 0 Å². The molecule has 0 saturated carbocycles. The number of aromatic hydroxyl groups is 1. The second-order valence-electron chi connectivity index (χ2n) is 7.27. The second kappa shape index (κ2) is 5.58. The van der Waals surface area contributed by atoms with Crippen LogP contribution >= 0.6 is 0 Å². The number of fused-ring (bicyclic) bond motifs is 3. The van der Waals surface area contributed by atoms with Crippen LogP contribution in [0, 0.1) is 5.41 Å². The average Bonchev–Trinajstić information content (AvgIpc) is 2.56. The van der Waals surface area contributed by atoms with Crippen molar-refractivity contribution in [1.82, 2.24) is 5.32 Å². The SMILES string of the molecule is CC1(C)COC(c2c(O)ccc3c4c(c(=O)oc23)CNCC4)OC1. The van der Waals surface area contributed by atoms with E-state index in [9.17, 15) is 9.90 Å². The van der Waals surface area contributed by atoms with E-state index in [0.29, 0.717) is 36.5 Å². The largest absolute Gasteiger partial charge is 0.507 e. The zero-order valence-electron chi connectivity index (χ0n) is 13.8. The van der Waals surface area contributed by atoms with Crippen molar-refractivity contribution < 1.29 is 19.0 Å². The third-order valence-corrected chi connectivity index (χ3v) is 4.64. The molecule has 0 radical (unpaired) electrons. The zero-order chi connectivity index (χ0) is 16.9. The van der Waals surface area contributed by atoms with Crippen LogP contribution in [-0.2, 0) is 22.4 Å². The molecule has 3 heterocycles. The van der Waals surface area contributed by atoms with E-state index in [0.717, 1.165) is 23.9 Å². The van der Waals surface area contributed by atoms with Gasteiger partial charge >= 0.3 is 5.63 Å². The van der Waals surface area contributed by atoms with Gasteiger partial charge in [0.1, 0.15) is 5.75 Å². The molecule has 2 aromatic rings. The molecule has 1 aromatic heterocycles. The quantitative estimate of drug-likeness (QED) is 0.780. The highest BCUT2D eigenvalue weighted by Gasteiger charge is 2.33. The molecule has 6 heteroatoms. The van der Waals surface area contributed by atoms with Crippen LogP contribution < -0.4 is 10.9 Å². The lowest BCUT2D eigenvalue weighted by atomic mass is 9.94. The zero-order valence-corrected chi connectivity index (χ0v) is 13.8. The summed E-state index contributed by atoms with van der Waals surface area (Å²) in [6.45, 7) is 6.44. The highest BCUT2D eigenvalue weighted by molar-refractivity contribution is 5.86. The van der Waals surface area contributed by atoms with Gasteiger partial charge in [0.05, 0.1) is 24.3 Å². The van der Waals surface area contributed by atoms with Gasteiger partial charge in [-0.1, -0.05) is 13.8 Å². The van der Waals surface area contributed by atoms with Crippen LogP contribution in [0.3, 0.4) is 0 Å². The fraction of sp³-hybridized carbons (Fsp3) is 0.500. The highest BCUT2D eigenvalue weighted by Crippen LogP contribution is 2.40.